The van der Waals surface area contributed by atoms with E-state index in [2.05, 4.69) is 88.4 Å². The summed E-state index contributed by atoms with van der Waals surface area (Å²) in [6.07, 6.45) is 3.24. The first-order chi connectivity index (χ1) is 17.5. The number of nitrogens with zero attached hydrogens (tertiary/aromatic N) is 1. The Morgan fingerprint density at radius 3 is 2.11 bits per heavy atom. The second kappa shape index (κ2) is 13.8. The molecule has 3 nitrogen and oxygen atoms in total. The molecule has 0 aliphatic carbocycles. The number of hydrogen-bond acceptors (Lipinski definition) is 3. The Morgan fingerprint density at radius 2 is 1.50 bits per heavy atom. The molecule has 0 spiro atoms. The van der Waals surface area contributed by atoms with E-state index in [9.17, 15) is 9.90 Å². The minimum absolute atomic E-state index is 0. The number of hydrogen-bond donors (Lipinski definition) is 1. The van der Waals surface area contributed by atoms with Gasteiger partial charge in [0.05, 0.1) is 5.76 Å². The molecule has 1 heterocycles. The standard InChI is InChI=1S/C25H24N.C9H16O2.Ir/c1-16(2)19-13-20(17(3)4)15-21(14-19)25-24-10-9-18-7-5-6-8-22(18)23(24)11-12-26-25;1-6(2)8(10)5-9(11)7(3)4;/h5-14,16-17H,1-4H3;5-7,10H,1-4H3;/q-1;;/b;8-5-;. The zero-order valence-electron chi connectivity index (χ0n) is 23.8. The van der Waals surface area contributed by atoms with Gasteiger partial charge in [-0.2, -0.15) is 0 Å². The van der Waals surface area contributed by atoms with Crippen molar-refractivity contribution in [1.82, 2.24) is 4.98 Å². The van der Waals surface area contributed by atoms with Gasteiger partial charge in [0.2, 0.25) is 0 Å². The summed E-state index contributed by atoms with van der Waals surface area (Å²) in [4.78, 5) is 15.8. The predicted molar refractivity (Wildman–Crippen MR) is 157 cm³/mol. The van der Waals surface area contributed by atoms with Crippen molar-refractivity contribution in [3.05, 3.63) is 89.8 Å². The number of carbonyl (C=O) groups excluding carboxylic acids is 1. The molecule has 203 valence electrons. The number of aromatic nitrogens is 1. The Morgan fingerprint density at radius 1 is 0.816 bits per heavy atom. The second-order valence-corrected chi connectivity index (χ2v) is 10.9. The summed E-state index contributed by atoms with van der Waals surface area (Å²) in [6, 6.07) is 23.2. The van der Waals surface area contributed by atoms with Crippen LogP contribution in [0.5, 0.6) is 0 Å². The van der Waals surface area contributed by atoms with Crippen LogP contribution in [-0.4, -0.2) is 15.9 Å². The molecule has 38 heavy (non-hydrogen) atoms. The maximum absolute atomic E-state index is 11.0. The average Bonchev–Trinajstić information content (AvgIpc) is 2.88. The number of aliphatic hydroxyl groups is 1. The fraction of sp³-hybridized carbons (Fsp3) is 0.353. The largest absolute Gasteiger partial charge is 0.512 e. The number of fused-ring (bicyclic) bond motifs is 3. The van der Waals surface area contributed by atoms with Crippen molar-refractivity contribution in [3.8, 4) is 11.3 Å². The molecule has 0 saturated heterocycles. The molecule has 1 N–H and O–H groups in total. The minimum atomic E-state index is -0.0316. The van der Waals surface area contributed by atoms with Crippen molar-refractivity contribution in [2.24, 2.45) is 11.8 Å². The van der Waals surface area contributed by atoms with Crippen molar-refractivity contribution in [2.75, 3.05) is 0 Å². The Balaban J connectivity index is 0.000000362. The zero-order chi connectivity index (χ0) is 27.3. The van der Waals surface area contributed by atoms with Gasteiger partial charge >= 0.3 is 0 Å². The predicted octanol–water partition coefficient (Wildman–Crippen LogP) is 9.41. The molecule has 4 heteroatoms. The third kappa shape index (κ3) is 7.62. The fourth-order valence-electron chi connectivity index (χ4n) is 4.02. The summed E-state index contributed by atoms with van der Waals surface area (Å²) < 4.78 is 0. The summed E-state index contributed by atoms with van der Waals surface area (Å²) in [7, 11) is 0. The first-order valence-corrected chi connectivity index (χ1v) is 13.3. The molecule has 3 aromatic carbocycles. The van der Waals surface area contributed by atoms with Gasteiger partial charge in [0.25, 0.3) is 0 Å². The Labute approximate surface area is 241 Å². The monoisotopic (exact) mass is 687 g/mol. The molecular formula is C34H40IrNO2-. The summed E-state index contributed by atoms with van der Waals surface area (Å²) in [6.45, 7) is 16.3. The van der Waals surface area contributed by atoms with Gasteiger partial charge < -0.3 is 10.1 Å². The van der Waals surface area contributed by atoms with E-state index in [0.29, 0.717) is 11.8 Å². The number of aliphatic hydroxyl groups excluding tert-OH is 1. The van der Waals surface area contributed by atoms with E-state index in [-0.39, 0.29) is 43.5 Å². The third-order valence-electron chi connectivity index (χ3n) is 6.58. The first kappa shape index (κ1) is 31.4. The molecule has 0 fully saturated rings. The van der Waals surface area contributed by atoms with Gasteiger partial charge in [0.15, 0.2) is 5.78 Å². The topological polar surface area (TPSA) is 50.2 Å². The summed E-state index contributed by atoms with van der Waals surface area (Å²) in [5, 5.41) is 14.2. The van der Waals surface area contributed by atoms with Gasteiger partial charge in [-0.1, -0.05) is 91.8 Å². The number of allylic oxidation sites excluding steroid dienone is 2. The third-order valence-corrected chi connectivity index (χ3v) is 6.58. The maximum atomic E-state index is 11.0. The zero-order valence-corrected chi connectivity index (χ0v) is 26.2. The SMILES string of the molecule is CC(C)C(=O)/C=C(\O)C(C)C.CC(C)c1[c-]c(-c2nccc3c2ccc2ccccc23)cc(C(C)C)c1.[Ir]. The van der Waals surface area contributed by atoms with Crippen molar-refractivity contribution in [2.45, 2.75) is 67.2 Å². The molecule has 0 saturated carbocycles. The number of benzene rings is 3. The number of ketones is 1. The number of rotatable bonds is 6. The van der Waals surface area contributed by atoms with Crippen LogP contribution in [0.15, 0.2) is 72.6 Å². The maximum Gasteiger partial charge on any atom is 0.161 e. The van der Waals surface area contributed by atoms with Gasteiger partial charge in [-0.05, 0) is 45.1 Å². The summed E-state index contributed by atoms with van der Waals surface area (Å²) in [5.41, 5.74) is 4.73. The van der Waals surface area contributed by atoms with Crippen LogP contribution in [-0.2, 0) is 24.9 Å². The van der Waals surface area contributed by atoms with E-state index in [1.54, 1.807) is 0 Å². The van der Waals surface area contributed by atoms with Gasteiger partial charge in [0, 0.05) is 44.2 Å². The van der Waals surface area contributed by atoms with Crippen LogP contribution in [0.4, 0.5) is 0 Å². The number of carbonyl (C=O) groups is 1. The smallest absolute Gasteiger partial charge is 0.161 e. The molecule has 0 amide bonds. The summed E-state index contributed by atoms with van der Waals surface area (Å²) >= 11 is 0. The molecule has 4 aromatic rings. The molecule has 0 unspecified atom stereocenters. The van der Waals surface area contributed by atoms with Crippen molar-refractivity contribution in [1.29, 1.82) is 0 Å². The van der Waals surface area contributed by atoms with E-state index in [1.165, 1.54) is 38.7 Å². The van der Waals surface area contributed by atoms with Crippen molar-refractivity contribution >= 4 is 27.3 Å². The van der Waals surface area contributed by atoms with Crippen LogP contribution in [0.1, 0.15) is 78.4 Å². The van der Waals surface area contributed by atoms with Gasteiger partial charge in [-0.25, -0.2) is 0 Å². The Kier molecular flexibility index (Phi) is 11.4. The average molecular weight is 687 g/mol. The van der Waals surface area contributed by atoms with E-state index in [4.69, 9.17) is 4.98 Å². The molecule has 4 rings (SSSR count). The van der Waals surface area contributed by atoms with Crippen LogP contribution < -0.4 is 0 Å². The normalized spacial score (nSPS) is 11.7. The Bertz CT molecular complexity index is 1390. The minimum Gasteiger partial charge on any atom is -0.512 e. The van der Waals surface area contributed by atoms with E-state index < -0.39 is 0 Å². The molecular weight excluding hydrogens is 647 g/mol. The second-order valence-electron chi connectivity index (χ2n) is 10.9. The Hall–Kier alpha value is -2.81. The molecule has 0 aliphatic rings. The van der Waals surface area contributed by atoms with Crippen LogP contribution in [0.3, 0.4) is 0 Å². The van der Waals surface area contributed by atoms with E-state index in [0.717, 1.165) is 11.3 Å². The van der Waals surface area contributed by atoms with E-state index in [1.807, 2.05) is 33.9 Å². The number of pyridine rings is 1. The van der Waals surface area contributed by atoms with Crippen molar-refractivity contribution < 1.29 is 30.0 Å². The molecule has 1 radical (unpaired) electrons. The summed E-state index contributed by atoms with van der Waals surface area (Å²) in [5.74, 6) is 1.09. The molecule has 0 atom stereocenters. The quantitative estimate of drug-likeness (QED) is 0.0952. The molecule has 0 bridgehead atoms. The van der Waals surface area contributed by atoms with Crippen molar-refractivity contribution in [3.63, 3.8) is 0 Å². The fourth-order valence-corrected chi connectivity index (χ4v) is 4.02. The van der Waals surface area contributed by atoms with Crippen LogP contribution in [0.25, 0.3) is 32.8 Å². The van der Waals surface area contributed by atoms with Gasteiger partial charge in [0.1, 0.15) is 0 Å². The van der Waals surface area contributed by atoms with E-state index >= 15 is 0 Å². The van der Waals surface area contributed by atoms with Crippen LogP contribution in [0.2, 0.25) is 0 Å². The molecule has 0 aliphatic heterocycles. The molecule has 1 aromatic heterocycles. The van der Waals surface area contributed by atoms with Gasteiger partial charge in [-0.3, -0.25) is 4.79 Å². The first-order valence-electron chi connectivity index (χ1n) is 13.3. The van der Waals surface area contributed by atoms with Gasteiger partial charge in [-0.15, -0.1) is 34.9 Å². The van der Waals surface area contributed by atoms with Crippen LogP contribution in [0, 0.1) is 17.9 Å². The van der Waals surface area contributed by atoms with Crippen LogP contribution >= 0.6 is 0 Å².